The second-order valence-corrected chi connectivity index (χ2v) is 5.33. The van der Waals surface area contributed by atoms with Crippen LogP contribution in [0.2, 0.25) is 0 Å². The van der Waals surface area contributed by atoms with Crippen molar-refractivity contribution in [3.63, 3.8) is 0 Å². The average Bonchev–Trinajstić information content (AvgIpc) is 3.21. The fourth-order valence-corrected chi connectivity index (χ4v) is 2.13. The maximum atomic E-state index is 12.5. The summed E-state index contributed by atoms with van der Waals surface area (Å²) in [6.07, 6.45) is -3.20. The van der Waals surface area contributed by atoms with Crippen molar-refractivity contribution in [2.75, 3.05) is 6.61 Å². The molecule has 1 aromatic carbocycles. The van der Waals surface area contributed by atoms with Gasteiger partial charge in [-0.3, -0.25) is 0 Å². The van der Waals surface area contributed by atoms with Crippen LogP contribution in [0.15, 0.2) is 39.4 Å². The molecule has 0 saturated heterocycles. The third kappa shape index (κ3) is 4.37. The quantitative estimate of drug-likeness (QED) is 0.622. The zero-order valence-corrected chi connectivity index (χ0v) is 13.2. The molecule has 3 rings (SSSR count). The molecule has 9 heteroatoms. The van der Waals surface area contributed by atoms with Gasteiger partial charge < -0.3 is 13.8 Å². The fourth-order valence-electron chi connectivity index (χ4n) is 2.13. The van der Waals surface area contributed by atoms with E-state index in [9.17, 15) is 13.2 Å². The molecular weight excluding hydrogens is 339 g/mol. The van der Waals surface area contributed by atoms with E-state index in [1.165, 1.54) is 0 Å². The number of hydrogen-bond donors (Lipinski definition) is 0. The van der Waals surface area contributed by atoms with Crippen LogP contribution in [0.5, 0.6) is 5.75 Å². The monoisotopic (exact) mass is 353 g/mol. The highest BCUT2D eigenvalue weighted by atomic mass is 19.4. The predicted octanol–water partition coefficient (Wildman–Crippen LogP) is 4.06. The Labute approximate surface area is 140 Å². The van der Waals surface area contributed by atoms with E-state index in [1.807, 2.05) is 13.0 Å². The Morgan fingerprint density at radius 1 is 1.08 bits per heavy atom. The van der Waals surface area contributed by atoms with Gasteiger partial charge in [-0.05, 0) is 37.6 Å². The van der Waals surface area contributed by atoms with Crippen molar-refractivity contribution >= 4 is 0 Å². The largest absolute Gasteiger partial charge is 0.494 e. The molecule has 0 atom stereocenters. The van der Waals surface area contributed by atoms with Crippen LogP contribution in [0.3, 0.4) is 0 Å². The van der Waals surface area contributed by atoms with Crippen LogP contribution in [0, 0.1) is 6.92 Å². The van der Waals surface area contributed by atoms with Crippen LogP contribution < -0.4 is 4.74 Å². The highest BCUT2D eigenvalue weighted by Gasteiger charge is 2.38. The van der Waals surface area contributed by atoms with E-state index in [0.717, 1.165) is 17.9 Å². The minimum Gasteiger partial charge on any atom is -0.494 e. The number of ether oxygens (including phenoxy) is 1. The fraction of sp³-hybridized carbons (Fsp3) is 0.312. The first kappa shape index (κ1) is 17.0. The molecule has 0 bridgehead atoms. The molecule has 0 saturated carbocycles. The minimum atomic E-state index is -4.66. The van der Waals surface area contributed by atoms with Crippen molar-refractivity contribution in [1.29, 1.82) is 0 Å². The molecule has 0 N–H and O–H groups in total. The molecule has 25 heavy (non-hydrogen) atoms. The molecule has 132 valence electrons. The standard InChI is InChI=1S/C16H14F3N3O3/c1-10-9-13(24-21-10)3-2-8-23-12-6-4-11(5-7-12)14-20-15(25-22-14)16(17,18)19/h4-7,9H,2-3,8H2,1H3. The number of aromatic nitrogens is 3. The molecule has 0 radical (unpaired) electrons. The Kier molecular flexibility index (Phi) is 4.73. The smallest absolute Gasteiger partial charge is 0.471 e. The molecule has 3 aromatic rings. The summed E-state index contributed by atoms with van der Waals surface area (Å²) in [4.78, 5) is 3.33. The van der Waals surface area contributed by atoms with Gasteiger partial charge in [0.15, 0.2) is 0 Å². The lowest BCUT2D eigenvalue weighted by Crippen LogP contribution is -2.04. The summed E-state index contributed by atoms with van der Waals surface area (Å²) in [6, 6.07) is 8.28. The summed E-state index contributed by atoms with van der Waals surface area (Å²) >= 11 is 0. The second-order valence-electron chi connectivity index (χ2n) is 5.33. The van der Waals surface area contributed by atoms with Crippen LogP contribution in [0.1, 0.15) is 23.8 Å². The lowest BCUT2D eigenvalue weighted by Gasteiger charge is -2.05. The summed E-state index contributed by atoms with van der Waals surface area (Å²) in [5.74, 6) is -0.101. The van der Waals surface area contributed by atoms with Crippen molar-refractivity contribution < 1.29 is 27.0 Å². The van der Waals surface area contributed by atoms with Crippen LogP contribution >= 0.6 is 0 Å². The van der Waals surface area contributed by atoms with E-state index in [2.05, 4.69) is 19.8 Å². The van der Waals surface area contributed by atoms with Gasteiger partial charge in [0.05, 0.1) is 12.3 Å². The number of alkyl halides is 3. The summed E-state index contributed by atoms with van der Waals surface area (Å²) in [7, 11) is 0. The van der Waals surface area contributed by atoms with E-state index in [0.29, 0.717) is 24.3 Å². The Hall–Kier alpha value is -2.84. The van der Waals surface area contributed by atoms with Gasteiger partial charge in [0.2, 0.25) is 5.82 Å². The molecule has 0 amide bonds. The average molecular weight is 353 g/mol. The van der Waals surface area contributed by atoms with E-state index in [4.69, 9.17) is 9.26 Å². The van der Waals surface area contributed by atoms with Gasteiger partial charge in [0, 0.05) is 18.1 Å². The molecule has 6 nitrogen and oxygen atoms in total. The number of nitrogens with zero attached hydrogens (tertiary/aromatic N) is 3. The molecule has 0 aliphatic heterocycles. The maximum absolute atomic E-state index is 12.5. The molecule has 0 fully saturated rings. The van der Waals surface area contributed by atoms with Crippen LogP contribution in [0.4, 0.5) is 13.2 Å². The topological polar surface area (TPSA) is 74.2 Å². The summed E-state index contributed by atoms with van der Waals surface area (Å²) in [5, 5.41) is 7.13. The summed E-state index contributed by atoms with van der Waals surface area (Å²) in [6.45, 7) is 2.33. The Morgan fingerprint density at radius 2 is 1.84 bits per heavy atom. The first-order valence-corrected chi connectivity index (χ1v) is 7.48. The van der Waals surface area contributed by atoms with Gasteiger partial charge >= 0.3 is 12.1 Å². The number of hydrogen-bond acceptors (Lipinski definition) is 6. The van der Waals surface area contributed by atoms with Gasteiger partial charge in [-0.1, -0.05) is 10.3 Å². The SMILES string of the molecule is Cc1cc(CCCOc2ccc(-c3noc(C(F)(F)F)n3)cc2)on1. The molecule has 0 aliphatic rings. The van der Waals surface area contributed by atoms with Crippen LogP contribution in [-0.2, 0) is 12.6 Å². The normalized spacial score (nSPS) is 11.7. The first-order valence-electron chi connectivity index (χ1n) is 7.48. The Morgan fingerprint density at radius 3 is 2.44 bits per heavy atom. The van der Waals surface area contributed by atoms with Crippen LogP contribution in [-0.4, -0.2) is 21.9 Å². The molecule has 2 aromatic heterocycles. The van der Waals surface area contributed by atoms with Crippen molar-refractivity contribution in [3.8, 4) is 17.1 Å². The number of halogens is 3. The highest BCUT2D eigenvalue weighted by molar-refractivity contribution is 5.55. The predicted molar refractivity (Wildman–Crippen MR) is 79.8 cm³/mol. The summed E-state index contributed by atoms with van der Waals surface area (Å²) < 4.78 is 52.2. The van der Waals surface area contributed by atoms with Crippen molar-refractivity contribution in [2.45, 2.75) is 25.9 Å². The molecule has 0 spiro atoms. The molecule has 2 heterocycles. The lowest BCUT2D eigenvalue weighted by molar-refractivity contribution is -0.159. The first-order chi connectivity index (χ1) is 11.9. The third-order valence-corrected chi connectivity index (χ3v) is 3.29. The zero-order valence-electron chi connectivity index (χ0n) is 13.2. The van der Waals surface area contributed by atoms with E-state index >= 15 is 0 Å². The minimum absolute atomic E-state index is 0.125. The maximum Gasteiger partial charge on any atom is 0.471 e. The van der Waals surface area contributed by atoms with Gasteiger partial charge in [0.1, 0.15) is 11.5 Å². The van der Waals surface area contributed by atoms with Gasteiger partial charge in [0.25, 0.3) is 0 Å². The lowest BCUT2D eigenvalue weighted by atomic mass is 10.2. The second kappa shape index (κ2) is 6.96. The number of aryl methyl sites for hydroxylation is 2. The Balaban J connectivity index is 1.52. The summed E-state index contributed by atoms with van der Waals surface area (Å²) in [5.41, 5.74) is 1.24. The molecule has 0 unspecified atom stereocenters. The van der Waals surface area contributed by atoms with E-state index in [1.54, 1.807) is 24.3 Å². The van der Waals surface area contributed by atoms with Gasteiger partial charge in [-0.2, -0.15) is 18.2 Å². The van der Waals surface area contributed by atoms with Crippen LogP contribution in [0.25, 0.3) is 11.4 Å². The van der Waals surface area contributed by atoms with Crippen molar-refractivity contribution in [3.05, 3.63) is 47.7 Å². The van der Waals surface area contributed by atoms with E-state index in [-0.39, 0.29) is 5.82 Å². The van der Waals surface area contributed by atoms with Gasteiger partial charge in [-0.25, -0.2) is 0 Å². The van der Waals surface area contributed by atoms with Gasteiger partial charge in [-0.15, -0.1) is 0 Å². The number of benzene rings is 1. The van der Waals surface area contributed by atoms with Crippen molar-refractivity contribution in [1.82, 2.24) is 15.3 Å². The van der Waals surface area contributed by atoms with E-state index < -0.39 is 12.1 Å². The Bertz CT molecular complexity index is 825. The zero-order chi connectivity index (χ0) is 17.9. The highest BCUT2D eigenvalue weighted by Crippen LogP contribution is 2.29. The van der Waals surface area contributed by atoms with Crippen molar-refractivity contribution in [2.24, 2.45) is 0 Å². The molecule has 0 aliphatic carbocycles. The molecular formula is C16H14F3N3O3. The number of rotatable bonds is 6. The third-order valence-electron chi connectivity index (χ3n) is 3.29.